The van der Waals surface area contributed by atoms with Crippen molar-refractivity contribution in [2.24, 2.45) is 0 Å². The van der Waals surface area contributed by atoms with Gasteiger partial charge in [0.1, 0.15) is 11.5 Å². The number of aryl methyl sites for hydroxylation is 1. The van der Waals surface area contributed by atoms with Crippen LogP contribution in [-0.2, 0) is 22.4 Å². The Balaban J connectivity index is 1.60. The summed E-state index contributed by atoms with van der Waals surface area (Å²) in [6.45, 7) is 4.24. The van der Waals surface area contributed by atoms with Gasteiger partial charge in [-0.2, -0.15) is 0 Å². The number of hydrogen-bond acceptors (Lipinski definition) is 3. The van der Waals surface area contributed by atoms with Gasteiger partial charge in [-0.3, -0.25) is 4.79 Å². The highest BCUT2D eigenvalue weighted by Crippen LogP contribution is 2.21. The van der Waals surface area contributed by atoms with Crippen molar-refractivity contribution in [1.29, 1.82) is 0 Å². The quantitative estimate of drug-likeness (QED) is 0.366. The van der Waals surface area contributed by atoms with Crippen LogP contribution in [0.5, 0.6) is 5.75 Å². The molecule has 0 fully saturated rings. The molecule has 0 radical (unpaired) electrons. The maximum atomic E-state index is 11.5. The SMILES string of the molecule is CC=C(Cc1ccc2ccccc2c1)Oc1ccc(CCC(=O)OCC)cc1. The number of allylic oxidation sites excluding steroid dienone is 2. The number of fused-ring (bicyclic) bond motifs is 1. The summed E-state index contributed by atoms with van der Waals surface area (Å²) in [6, 6.07) is 22.8. The van der Waals surface area contributed by atoms with Crippen LogP contribution in [0, 0.1) is 0 Å². The monoisotopic (exact) mass is 374 g/mol. The van der Waals surface area contributed by atoms with E-state index in [9.17, 15) is 4.79 Å². The van der Waals surface area contributed by atoms with Crippen LogP contribution >= 0.6 is 0 Å². The largest absolute Gasteiger partial charge is 0.466 e. The summed E-state index contributed by atoms with van der Waals surface area (Å²) < 4.78 is 11.0. The summed E-state index contributed by atoms with van der Waals surface area (Å²) in [5, 5.41) is 2.48. The van der Waals surface area contributed by atoms with Gasteiger partial charge in [-0.15, -0.1) is 0 Å². The molecule has 0 aromatic heterocycles. The van der Waals surface area contributed by atoms with E-state index in [1.54, 1.807) is 0 Å². The van der Waals surface area contributed by atoms with E-state index in [2.05, 4.69) is 42.5 Å². The summed E-state index contributed by atoms with van der Waals surface area (Å²) >= 11 is 0. The van der Waals surface area contributed by atoms with Gasteiger partial charge in [-0.1, -0.05) is 54.6 Å². The van der Waals surface area contributed by atoms with Crippen LogP contribution < -0.4 is 4.74 Å². The smallest absolute Gasteiger partial charge is 0.306 e. The summed E-state index contributed by atoms with van der Waals surface area (Å²) in [5.41, 5.74) is 2.31. The van der Waals surface area contributed by atoms with Crippen molar-refractivity contribution < 1.29 is 14.3 Å². The van der Waals surface area contributed by atoms with E-state index in [1.807, 2.05) is 44.2 Å². The minimum atomic E-state index is -0.158. The molecule has 28 heavy (non-hydrogen) atoms. The van der Waals surface area contributed by atoms with Gasteiger partial charge in [0.2, 0.25) is 0 Å². The van der Waals surface area contributed by atoms with Crippen LogP contribution in [0.1, 0.15) is 31.4 Å². The molecule has 3 aromatic rings. The molecular formula is C25H26O3. The van der Waals surface area contributed by atoms with Crippen molar-refractivity contribution in [3.8, 4) is 5.75 Å². The molecule has 0 amide bonds. The van der Waals surface area contributed by atoms with Crippen LogP contribution in [0.2, 0.25) is 0 Å². The number of ether oxygens (including phenoxy) is 2. The lowest BCUT2D eigenvalue weighted by Crippen LogP contribution is -2.05. The topological polar surface area (TPSA) is 35.5 Å². The Morgan fingerprint density at radius 2 is 1.64 bits per heavy atom. The van der Waals surface area contributed by atoms with Crippen LogP contribution in [-0.4, -0.2) is 12.6 Å². The lowest BCUT2D eigenvalue weighted by Gasteiger charge is -2.11. The molecule has 0 unspecified atom stereocenters. The van der Waals surface area contributed by atoms with E-state index in [-0.39, 0.29) is 5.97 Å². The summed E-state index contributed by atoms with van der Waals surface area (Å²) in [7, 11) is 0. The molecule has 3 aromatic carbocycles. The molecule has 0 saturated heterocycles. The molecule has 3 rings (SSSR count). The van der Waals surface area contributed by atoms with Gasteiger partial charge in [0.15, 0.2) is 0 Å². The molecule has 0 spiro atoms. The molecule has 144 valence electrons. The number of hydrogen-bond donors (Lipinski definition) is 0. The molecule has 3 heteroatoms. The van der Waals surface area contributed by atoms with Crippen molar-refractivity contribution >= 4 is 16.7 Å². The maximum absolute atomic E-state index is 11.5. The average Bonchev–Trinajstić information content (AvgIpc) is 2.73. The molecule has 0 heterocycles. The first-order chi connectivity index (χ1) is 13.7. The van der Waals surface area contributed by atoms with Crippen molar-refractivity contribution in [2.75, 3.05) is 6.61 Å². The first kappa shape index (κ1) is 19.7. The maximum Gasteiger partial charge on any atom is 0.306 e. The Morgan fingerprint density at radius 3 is 2.36 bits per heavy atom. The number of benzene rings is 3. The van der Waals surface area contributed by atoms with E-state index in [0.717, 1.165) is 23.5 Å². The zero-order valence-electron chi connectivity index (χ0n) is 16.5. The van der Waals surface area contributed by atoms with Gasteiger partial charge in [0.25, 0.3) is 0 Å². The molecule has 0 atom stereocenters. The Bertz CT molecular complexity index is 955. The van der Waals surface area contributed by atoms with Crippen LogP contribution in [0.15, 0.2) is 78.6 Å². The van der Waals surface area contributed by atoms with Gasteiger partial charge in [0.05, 0.1) is 6.61 Å². The fourth-order valence-electron chi connectivity index (χ4n) is 3.10. The molecule has 0 aliphatic carbocycles. The fourth-order valence-corrected chi connectivity index (χ4v) is 3.10. The molecule has 0 saturated carbocycles. The summed E-state index contributed by atoms with van der Waals surface area (Å²) in [4.78, 5) is 11.5. The van der Waals surface area contributed by atoms with Gasteiger partial charge in [-0.25, -0.2) is 0 Å². The Hall–Kier alpha value is -3.07. The van der Waals surface area contributed by atoms with Gasteiger partial charge in [0, 0.05) is 12.8 Å². The first-order valence-electron chi connectivity index (χ1n) is 9.73. The zero-order chi connectivity index (χ0) is 19.8. The highest BCUT2D eigenvalue weighted by molar-refractivity contribution is 5.83. The van der Waals surface area contributed by atoms with E-state index >= 15 is 0 Å². The van der Waals surface area contributed by atoms with Crippen LogP contribution in [0.25, 0.3) is 10.8 Å². The Morgan fingerprint density at radius 1 is 0.929 bits per heavy atom. The average molecular weight is 374 g/mol. The second-order valence-corrected chi connectivity index (χ2v) is 6.66. The predicted molar refractivity (Wildman–Crippen MR) is 113 cm³/mol. The predicted octanol–water partition coefficient (Wildman–Crippen LogP) is 5.86. The van der Waals surface area contributed by atoms with Crippen LogP contribution in [0.4, 0.5) is 0 Å². The molecule has 0 bridgehead atoms. The second kappa shape index (κ2) is 9.75. The van der Waals surface area contributed by atoms with E-state index in [4.69, 9.17) is 9.47 Å². The van der Waals surface area contributed by atoms with Crippen molar-refractivity contribution in [3.63, 3.8) is 0 Å². The van der Waals surface area contributed by atoms with Crippen molar-refractivity contribution in [3.05, 3.63) is 89.7 Å². The van der Waals surface area contributed by atoms with E-state index < -0.39 is 0 Å². The molecule has 0 aliphatic rings. The summed E-state index contributed by atoms with van der Waals surface area (Å²) in [6.07, 6.45) is 3.82. The number of carbonyl (C=O) groups is 1. The third-order valence-electron chi connectivity index (χ3n) is 4.61. The zero-order valence-corrected chi connectivity index (χ0v) is 16.5. The molecule has 0 aliphatic heterocycles. The molecule has 3 nitrogen and oxygen atoms in total. The number of carbonyl (C=O) groups excluding carboxylic acids is 1. The van der Waals surface area contributed by atoms with Gasteiger partial charge in [-0.05, 0) is 60.4 Å². The first-order valence-corrected chi connectivity index (χ1v) is 9.73. The number of esters is 1. The van der Waals surface area contributed by atoms with Gasteiger partial charge < -0.3 is 9.47 Å². The molecule has 0 N–H and O–H groups in total. The van der Waals surface area contributed by atoms with Crippen molar-refractivity contribution in [2.45, 2.75) is 33.1 Å². The Kier molecular flexibility index (Phi) is 6.85. The summed E-state index contributed by atoms with van der Waals surface area (Å²) in [5.74, 6) is 1.55. The standard InChI is InChI=1S/C25H26O3/c1-3-23(18-20-9-13-21-7-5-6-8-22(21)17-20)28-24-14-10-19(11-15-24)12-16-25(26)27-4-2/h3,5-11,13-15,17H,4,12,16,18H2,1-2H3. The normalized spacial score (nSPS) is 11.4. The Labute approximate surface area is 166 Å². The molecular weight excluding hydrogens is 348 g/mol. The third kappa shape index (κ3) is 5.46. The lowest BCUT2D eigenvalue weighted by molar-refractivity contribution is -0.143. The minimum Gasteiger partial charge on any atom is -0.466 e. The second-order valence-electron chi connectivity index (χ2n) is 6.66. The van der Waals surface area contributed by atoms with Crippen LogP contribution in [0.3, 0.4) is 0 Å². The van der Waals surface area contributed by atoms with Crippen molar-refractivity contribution in [1.82, 2.24) is 0 Å². The third-order valence-corrected chi connectivity index (χ3v) is 4.61. The van der Waals surface area contributed by atoms with E-state index in [0.29, 0.717) is 19.4 Å². The highest BCUT2D eigenvalue weighted by atomic mass is 16.5. The fraction of sp³-hybridized carbons (Fsp3) is 0.240. The van der Waals surface area contributed by atoms with E-state index in [1.165, 1.54) is 16.3 Å². The number of rotatable bonds is 8. The lowest BCUT2D eigenvalue weighted by atomic mass is 10.0. The highest BCUT2D eigenvalue weighted by Gasteiger charge is 2.06. The minimum absolute atomic E-state index is 0.158. The van der Waals surface area contributed by atoms with Gasteiger partial charge >= 0.3 is 5.97 Å².